The summed E-state index contributed by atoms with van der Waals surface area (Å²) in [5.74, 6) is 0. The van der Waals surface area contributed by atoms with Crippen LogP contribution in [0.15, 0.2) is 29.0 Å². The number of hydrogen-bond acceptors (Lipinski definition) is 4. The maximum Gasteiger partial charge on any atom is 0.244 e. The molecule has 19 heavy (non-hydrogen) atoms. The van der Waals surface area contributed by atoms with Crippen molar-refractivity contribution in [2.45, 2.75) is 38.3 Å². The molecular weight excluding hydrogens is 280 g/mol. The second-order valence-electron chi connectivity index (χ2n) is 4.49. The van der Waals surface area contributed by atoms with Crippen LogP contribution in [-0.2, 0) is 16.6 Å². The molecular formula is C13H22N2O2S2. The predicted molar refractivity (Wildman–Crippen MR) is 80.9 cm³/mol. The molecule has 6 heteroatoms. The van der Waals surface area contributed by atoms with Gasteiger partial charge in [-0.05, 0) is 26.5 Å². The third-order valence-corrected chi connectivity index (χ3v) is 5.78. The quantitative estimate of drug-likeness (QED) is 0.750. The molecule has 0 aliphatic rings. The maximum atomic E-state index is 12.5. The second-order valence-corrected chi connectivity index (χ2v) is 7.37. The largest absolute Gasteiger partial charge is 0.312 e. The number of sulfonamides is 1. The van der Waals surface area contributed by atoms with E-state index in [2.05, 4.69) is 11.9 Å². The van der Waals surface area contributed by atoms with Crippen molar-refractivity contribution >= 4 is 21.4 Å². The van der Waals surface area contributed by atoms with E-state index in [0.29, 0.717) is 18.0 Å². The lowest BCUT2D eigenvalue weighted by Crippen LogP contribution is -2.36. The Morgan fingerprint density at radius 1 is 1.53 bits per heavy atom. The summed E-state index contributed by atoms with van der Waals surface area (Å²) >= 11 is 1.47. The number of thiophene rings is 1. The standard InChI is InChI=1S/C13H22N2O2S2/c1-5-7-15(11(3)4)19(16,17)13-8-12(18-10-13)9-14-6-2/h5,8,10-11,14H,1,6-7,9H2,2-4H3. The highest BCUT2D eigenvalue weighted by Crippen LogP contribution is 2.24. The van der Waals surface area contributed by atoms with Crippen LogP contribution in [0.5, 0.6) is 0 Å². The summed E-state index contributed by atoms with van der Waals surface area (Å²) in [5, 5.41) is 4.90. The van der Waals surface area contributed by atoms with Gasteiger partial charge in [-0.2, -0.15) is 4.31 Å². The Kier molecular flexibility index (Phi) is 6.19. The summed E-state index contributed by atoms with van der Waals surface area (Å²) in [6, 6.07) is 1.67. The van der Waals surface area contributed by atoms with E-state index < -0.39 is 10.0 Å². The monoisotopic (exact) mass is 302 g/mol. The summed E-state index contributed by atoms with van der Waals surface area (Å²) in [6.45, 7) is 11.3. The normalized spacial score (nSPS) is 12.3. The Hall–Kier alpha value is -0.690. The smallest absolute Gasteiger partial charge is 0.244 e. The Balaban J connectivity index is 2.98. The molecule has 0 saturated heterocycles. The van der Waals surface area contributed by atoms with E-state index >= 15 is 0 Å². The van der Waals surface area contributed by atoms with Gasteiger partial charge in [-0.15, -0.1) is 17.9 Å². The fourth-order valence-corrected chi connectivity index (χ4v) is 4.53. The molecule has 0 spiro atoms. The molecule has 0 saturated carbocycles. The van der Waals surface area contributed by atoms with Crippen molar-refractivity contribution in [3.63, 3.8) is 0 Å². The van der Waals surface area contributed by atoms with Crippen LogP contribution in [-0.4, -0.2) is 31.9 Å². The summed E-state index contributed by atoms with van der Waals surface area (Å²) < 4.78 is 26.5. The average molecular weight is 302 g/mol. The van der Waals surface area contributed by atoms with Crippen LogP contribution in [0.25, 0.3) is 0 Å². The molecule has 1 aromatic rings. The van der Waals surface area contributed by atoms with Crippen LogP contribution in [0.2, 0.25) is 0 Å². The van der Waals surface area contributed by atoms with E-state index in [0.717, 1.165) is 11.4 Å². The van der Waals surface area contributed by atoms with E-state index in [1.165, 1.54) is 15.6 Å². The molecule has 0 aliphatic heterocycles. The van der Waals surface area contributed by atoms with Crippen molar-refractivity contribution < 1.29 is 8.42 Å². The van der Waals surface area contributed by atoms with Crippen molar-refractivity contribution in [3.8, 4) is 0 Å². The first-order valence-electron chi connectivity index (χ1n) is 6.34. The number of nitrogens with zero attached hydrogens (tertiary/aromatic N) is 1. The molecule has 1 aromatic heterocycles. The van der Waals surface area contributed by atoms with E-state index in [4.69, 9.17) is 0 Å². The summed E-state index contributed by atoms with van der Waals surface area (Å²) in [5.41, 5.74) is 0. The van der Waals surface area contributed by atoms with Crippen molar-refractivity contribution in [1.82, 2.24) is 9.62 Å². The molecule has 0 unspecified atom stereocenters. The van der Waals surface area contributed by atoms with Crippen LogP contribution < -0.4 is 5.32 Å². The minimum Gasteiger partial charge on any atom is -0.312 e. The summed E-state index contributed by atoms with van der Waals surface area (Å²) in [4.78, 5) is 1.41. The Labute approximate surface area is 120 Å². The summed E-state index contributed by atoms with van der Waals surface area (Å²) in [6.07, 6.45) is 1.61. The van der Waals surface area contributed by atoms with Crippen LogP contribution in [0, 0.1) is 0 Å². The van der Waals surface area contributed by atoms with Gasteiger partial charge in [0.2, 0.25) is 10.0 Å². The SMILES string of the molecule is C=CCN(C(C)C)S(=O)(=O)c1csc(CNCC)c1. The molecule has 0 aliphatic carbocycles. The second kappa shape index (κ2) is 7.19. The van der Waals surface area contributed by atoms with E-state index in [1.54, 1.807) is 17.5 Å². The van der Waals surface area contributed by atoms with Gasteiger partial charge in [-0.25, -0.2) is 8.42 Å². The zero-order valence-corrected chi connectivity index (χ0v) is 13.4. The van der Waals surface area contributed by atoms with Crippen molar-refractivity contribution in [2.24, 2.45) is 0 Å². The highest BCUT2D eigenvalue weighted by atomic mass is 32.2. The van der Waals surface area contributed by atoms with Crippen molar-refractivity contribution in [3.05, 3.63) is 29.0 Å². The topological polar surface area (TPSA) is 49.4 Å². The third kappa shape index (κ3) is 4.14. The number of nitrogens with one attached hydrogen (secondary N) is 1. The first-order chi connectivity index (χ1) is 8.93. The molecule has 4 nitrogen and oxygen atoms in total. The van der Waals surface area contributed by atoms with Gasteiger partial charge in [-0.1, -0.05) is 13.0 Å². The molecule has 108 valence electrons. The fourth-order valence-electron chi connectivity index (χ4n) is 1.69. The minimum absolute atomic E-state index is 0.0832. The van der Waals surface area contributed by atoms with E-state index in [-0.39, 0.29) is 6.04 Å². The van der Waals surface area contributed by atoms with Crippen molar-refractivity contribution in [1.29, 1.82) is 0 Å². The zero-order valence-electron chi connectivity index (χ0n) is 11.7. The van der Waals surface area contributed by atoms with E-state index in [1.807, 2.05) is 20.8 Å². The lowest BCUT2D eigenvalue weighted by Gasteiger charge is -2.23. The van der Waals surface area contributed by atoms with E-state index in [9.17, 15) is 8.42 Å². The van der Waals surface area contributed by atoms with Crippen LogP contribution >= 0.6 is 11.3 Å². The van der Waals surface area contributed by atoms with Gasteiger partial charge >= 0.3 is 0 Å². The first kappa shape index (κ1) is 16.4. The molecule has 0 radical (unpaired) electrons. The molecule has 1 rings (SSSR count). The third-order valence-electron chi connectivity index (χ3n) is 2.67. The van der Waals surface area contributed by atoms with Crippen molar-refractivity contribution in [2.75, 3.05) is 13.1 Å². The highest BCUT2D eigenvalue weighted by molar-refractivity contribution is 7.89. The van der Waals surface area contributed by atoms with Gasteiger partial charge in [-0.3, -0.25) is 0 Å². The first-order valence-corrected chi connectivity index (χ1v) is 8.66. The zero-order chi connectivity index (χ0) is 14.5. The van der Waals surface area contributed by atoms with Crippen LogP contribution in [0.4, 0.5) is 0 Å². The van der Waals surface area contributed by atoms with Gasteiger partial charge in [0, 0.05) is 29.4 Å². The average Bonchev–Trinajstić information content (AvgIpc) is 2.82. The lowest BCUT2D eigenvalue weighted by atomic mass is 10.4. The van der Waals surface area contributed by atoms with Gasteiger partial charge < -0.3 is 5.32 Å². The Morgan fingerprint density at radius 2 is 2.21 bits per heavy atom. The maximum absolute atomic E-state index is 12.5. The number of hydrogen-bond donors (Lipinski definition) is 1. The summed E-state index contributed by atoms with van der Waals surface area (Å²) in [7, 11) is -3.42. The fraction of sp³-hybridized carbons (Fsp3) is 0.538. The molecule has 0 fully saturated rings. The Morgan fingerprint density at radius 3 is 2.74 bits per heavy atom. The van der Waals surface area contributed by atoms with Gasteiger partial charge in [0.1, 0.15) is 0 Å². The van der Waals surface area contributed by atoms with Gasteiger partial charge in [0.15, 0.2) is 0 Å². The molecule has 0 amide bonds. The molecule has 0 atom stereocenters. The van der Waals surface area contributed by atoms with Crippen LogP contribution in [0.3, 0.4) is 0 Å². The highest BCUT2D eigenvalue weighted by Gasteiger charge is 2.26. The number of rotatable bonds is 8. The molecule has 0 aromatic carbocycles. The van der Waals surface area contributed by atoms with Gasteiger partial charge in [0.05, 0.1) is 4.90 Å². The molecule has 1 heterocycles. The minimum atomic E-state index is -3.42. The molecule has 1 N–H and O–H groups in total. The predicted octanol–water partition coefficient (Wildman–Crippen LogP) is 2.44. The lowest BCUT2D eigenvalue weighted by molar-refractivity contribution is 0.383. The van der Waals surface area contributed by atoms with Crippen LogP contribution in [0.1, 0.15) is 25.6 Å². The van der Waals surface area contributed by atoms with Gasteiger partial charge in [0.25, 0.3) is 0 Å². The Bertz CT molecular complexity index is 506. The molecule has 0 bridgehead atoms.